The van der Waals surface area contributed by atoms with Crippen LogP contribution in [0, 0.1) is 0 Å². The lowest BCUT2D eigenvalue weighted by atomic mass is 10.00. The minimum atomic E-state index is -0.355. The lowest BCUT2D eigenvalue weighted by molar-refractivity contribution is 0.0591. The highest BCUT2D eigenvalue weighted by molar-refractivity contribution is 5.90. The molecule has 0 amide bonds. The molecule has 5 rings (SSSR count). The van der Waals surface area contributed by atoms with Gasteiger partial charge in [-0.3, -0.25) is 9.30 Å². The lowest BCUT2D eigenvalue weighted by Crippen LogP contribution is -2.42. The molecular weight excluding hydrogens is 488 g/mol. The molecule has 0 spiro atoms. The molecule has 0 saturated carbocycles. The van der Waals surface area contributed by atoms with Crippen LogP contribution in [0.2, 0.25) is 0 Å². The van der Waals surface area contributed by atoms with E-state index in [4.69, 9.17) is 9.47 Å². The molecule has 0 atom stereocenters. The van der Waals surface area contributed by atoms with E-state index in [1.54, 1.807) is 23.9 Å². The topological polar surface area (TPSA) is 68.1 Å². The molecule has 39 heavy (non-hydrogen) atoms. The van der Waals surface area contributed by atoms with E-state index in [-0.39, 0.29) is 5.97 Å². The molecule has 7 nitrogen and oxygen atoms in total. The zero-order valence-corrected chi connectivity index (χ0v) is 22.9. The van der Waals surface area contributed by atoms with Crippen molar-refractivity contribution in [2.24, 2.45) is 0 Å². The number of benzene rings is 2. The summed E-state index contributed by atoms with van der Waals surface area (Å²) in [5.74, 6) is 0.541. The number of pyridine rings is 1. The smallest absolute Gasteiger partial charge is 0.355 e. The second-order valence-electron chi connectivity index (χ2n) is 10.2. The molecule has 1 fully saturated rings. The minimum absolute atomic E-state index is 0.355. The predicted octanol–water partition coefficient (Wildman–Crippen LogP) is 4.71. The van der Waals surface area contributed by atoms with Gasteiger partial charge in [-0.2, -0.15) is 0 Å². The second-order valence-corrected chi connectivity index (χ2v) is 10.2. The number of aryl methyl sites for hydroxylation is 2. The lowest BCUT2D eigenvalue weighted by Gasteiger charge is -2.32. The molecule has 0 bridgehead atoms. The van der Waals surface area contributed by atoms with Crippen LogP contribution in [0.25, 0.3) is 5.65 Å². The van der Waals surface area contributed by atoms with Crippen LogP contribution in [-0.2, 0) is 30.5 Å². The molecule has 1 N–H and O–H groups in total. The maximum Gasteiger partial charge on any atom is 0.355 e. The zero-order chi connectivity index (χ0) is 27.0. The molecule has 3 heterocycles. The van der Waals surface area contributed by atoms with Crippen molar-refractivity contribution in [1.29, 1.82) is 0 Å². The van der Waals surface area contributed by atoms with Gasteiger partial charge in [0.15, 0.2) is 0 Å². The van der Waals surface area contributed by atoms with Crippen molar-refractivity contribution in [2.75, 3.05) is 33.9 Å². The fraction of sp³-hybridized carbons (Fsp3) is 0.375. The van der Waals surface area contributed by atoms with Gasteiger partial charge in [0, 0.05) is 25.0 Å². The summed E-state index contributed by atoms with van der Waals surface area (Å²) < 4.78 is 12.6. The normalized spacial score (nSPS) is 14.5. The van der Waals surface area contributed by atoms with E-state index in [9.17, 15) is 4.79 Å². The number of fused-ring (bicyclic) bond motifs is 1. The van der Waals surface area contributed by atoms with Gasteiger partial charge >= 0.3 is 5.97 Å². The summed E-state index contributed by atoms with van der Waals surface area (Å²) in [5.41, 5.74) is 5.97. The van der Waals surface area contributed by atoms with Crippen molar-refractivity contribution in [2.45, 2.75) is 44.7 Å². The number of imidazole rings is 1. The number of likely N-dealkylation sites (tertiary alicyclic amines) is 1. The maximum absolute atomic E-state index is 12.5. The largest absolute Gasteiger partial charge is 0.496 e. The summed E-state index contributed by atoms with van der Waals surface area (Å²) >= 11 is 0. The van der Waals surface area contributed by atoms with Crippen molar-refractivity contribution in [3.05, 3.63) is 101 Å². The number of nitrogens with one attached hydrogen (secondary N) is 1. The number of carbonyl (C=O) groups excluding carboxylic acids is 1. The summed E-state index contributed by atoms with van der Waals surface area (Å²) in [6.07, 6.45) is 8.37. The Kier molecular flexibility index (Phi) is 8.91. The fourth-order valence-electron chi connectivity index (χ4n) is 5.55. The second kappa shape index (κ2) is 12.9. The van der Waals surface area contributed by atoms with E-state index < -0.39 is 0 Å². The maximum atomic E-state index is 12.5. The molecular formula is C32H38N4O3. The van der Waals surface area contributed by atoms with Gasteiger partial charge in [-0.1, -0.05) is 48.5 Å². The predicted molar refractivity (Wildman–Crippen MR) is 153 cm³/mol. The summed E-state index contributed by atoms with van der Waals surface area (Å²) in [6.45, 7) is 4.15. The summed E-state index contributed by atoms with van der Waals surface area (Å²) in [7, 11) is 3.14. The number of nitrogens with zero attached hydrogens (tertiary/aromatic N) is 3. The van der Waals surface area contributed by atoms with Crippen LogP contribution in [0.1, 0.15) is 45.6 Å². The number of aromatic nitrogens is 2. The van der Waals surface area contributed by atoms with Gasteiger partial charge in [0.25, 0.3) is 0 Å². The van der Waals surface area contributed by atoms with E-state index >= 15 is 0 Å². The molecule has 0 radical (unpaired) electrons. The average molecular weight is 527 g/mol. The highest BCUT2D eigenvalue weighted by Crippen LogP contribution is 2.25. The molecule has 7 heteroatoms. The standard InChI is InChI=1S/C32H38N4O3/c1-38-29-22-25(23-35-19-15-28(16-20-35)33-17-14-24-6-4-3-5-7-24)8-9-26(29)10-11-27-12-13-30-34-18-21-36(30)31(27)32(37)39-2/h3-9,12-13,18,21-22,28,33H,10-11,14-17,19-20,23H2,1-2H3. The number of esters is 1. The van der Waals surface area contributed by atoms with E-state index in [1.807, 2.05) is 12.1 Å². The molecule has 1 aliphatic rings. The SMILES string of the molecule is COC(=O)c1c(CCc2ccc(CN3CCC(NCCc4ccccc4)CC3)cc2OC)ccc2nccn12. The Labute approximate surface area is 230 Å². The van der Waals surface area contributed by atoms with E-state index in [1.165, 1.54) is 31.1 Å². The van der Waals surface area contributed by atoms with Gasteiger partial charge in [0.1, 0.15) is 17.1 Å². The van der Waals surface area contributed by atoms with Gasteiger partial charge in [-0.25, -0.2) is 9.78 Å². The van der Waals surface area contributed by atoms with E-state index in [2.05, 4.69) is 63.7 Å². The summed E-state index contributed by atoms with van der Waals surface area (Å²) in [4.78, 5) is 19.4. The molecule has 2 aromatic heterocycles. The Morgan fingerprint density at radius 3 is 2.49 bits per heavy atom. The third kappa shape index (κ3) is 6.67. The van der Waals surface area contributed by atoms with Gasteiger partial charge in [0.2, 0.25) is 0 Å². The molecule has 2 aromatic carbocycles. The number of rotatable bonds is 11. The van der Waals surface area contributed by atoms with Crippen molar-refractivity contribution in [1.82, 2.24) is 19.6 Å². The Hall–Kier alpha value is -3.68. The van der Waals surface area contributed by atoms with Crippen LogP contribution in [0.15, 0.2) is 73.1 Å². The average Bonchev–Trinajstić information content (AvgIpc) is 3.46. The van der Waals surface area contributed by atoms with Crippen molar-refractivity contribution in [3.63, 3.8) is 0 Å². The van der Waals surface area contributed by atoms with Gasteiger partial charge < -0.3 is 14.8 Å². The number of piperidine rings is 1. The first-order valence-corrected chi connectivity index (χ1v) is 13.8. The van der Waals surface area contributed by atoms with Gasteiger partial charge in [-0.05, 0) is 86.1 Å². The van der Waals surface area contributed by atoms with Crippen molar-refractivity contribution >= 4 is 11.6 Å². The number of hydrogen-bond donors (Lipinski definition) is 1. The number of carbonyl (C=O) groups is 1. The van der Waals surface area contributed by atoms with E-state index in [0.717, 1.165) is 61.5 Å². The molecule has 1 saturated heterocycles. The van der Waals surface area contributed by atoms with Crippen LogP contribution in [0.5, 0.6) is 5.75 Å². The monoisotopic (exact) mass is 526 g/mol. The Balaban J connectivity index is 1.15. The number of ether oxygens (including phenoxy) is 2. The zero-order valence-electron chi connectivity index (χ0n) is 22.9. The van der Waals surface area contributed by atoms with Crippen molar-refractivity contribution in [3.8, 4) is 5.75 Å². The summed E-state index contributed by atoms with van der Waals surface area (Å²) in [6, 6.07) is 21.7. The third-order valence-corrected chi connectivity index (χ3v) is 7.73. The molecule has 0 aliphatic carbocycles. The fourth-order valence-corrected chi connectivity index (χ4v) is 5.55. The Morgan fingerprint density at radius 2 is 1.72 bits per heavy atom. The van der Waals surface area contributed by atoms with Crippen LogP contribution < -0.4 is 10.1 Å². The minimum Gasteiger partial charge on any atom is -0.496 e. The molecule has 4 aromatic rings. The first-order valence-electron chi connectivity index (χ1n) is 13.8. The van der Waals surface area contributed by atoms with Crippen LogP contribution in [0.4, 0.5) is 0 Å². The number of hydrogen-bond acceptors (Lipinski definition) is 6. The Morgan fingerprint density at radius 1 is 0.949 bits per heavy atom. The highest BCUT2D eigenvalue weighted by atomic mass is 16.5. The van der Waals surface area contributed by atoms with Crippen LogP contribution >= 0.6 is 0 Å². The quantitative estimate of drug-likeness (QED) is 0.286. The molecule has 0 unspecified atom stereocenters. The molecule has 204 valence electrons. The highest BCUT2D eigenvalue weighted by Gasteiger charge is 2.20. The first-order chi connectivity index (χ1) is 19.1. The van der Waals surface area contributed by atoms with Crippen molar-refractivity contribution < 1.29 is 14.3 Å². The van der Waals surface area contributed by atoms with Gasteiger partial charge in [0.05, 0.1) is 14.2 Å². The van der Waals surface area contributed by atoms with E-state index in [0.29, 0.717) is 18.2 Å². The Bertz CT molecular complexity index is 1380. The molecule has 1 aliphatic heterocycles. The first kappa shape index (κ1) is 26.9. The number of methoxy groups -OCH3 is 2. The van der Waals surface area contributed by atoms with Gasteiger partial charge in [-0.15, -0.1) is 0 Å². The van der Waals surface area contributed by atoms with Crippen LogP contribution in [-0.4, -0.2) is 60.1 Å². The third-order valence-electron chi connectivity index (χ3n) is 7.73. The van der Waals surface area contributed by atoms with Crippen LogP contribution in [0.3, 0.4) is 0 Å². The summed E-state index contributed by atoms with van der Waals surface area (Å²) in [5, 5.41) is 3.75.